The number of aromatic amines is 1. The highest BCUT2D eigenvalue weighted by molar-refractivity contribution is 5.03. The topological polar surface area (TPSA) is 28.7 Å². The van der Waals surface area contributed by atoms with E-state index >= 15 is 0 Å². The van der Waals surface area contributed by atoms with Gasteiger partial charge in [0.25, 0.3) is 0 Å². The monoisotopic (exact) mass is 208 g/mol. The number of H-pyrrole nitrogens is 1. The minimum atomic E-state index is 0.255. The predicted octanol–water partition coefficient (Wildman–Crippen LogP) is 3.98. The molecule has 0 aliphatic rings. The fourth-order valence-electron chi connectivity index (χ4n) is 1.89. The first-order chi connectivity index (χ1) is 6.70. The van der Waals surface area contributed by atoms with Gasteiger partial charge in [0.2, 0.25) is 0 Å². The fourth-order valence-corrected chi connectivity index (χ4v) is 1.89. The standard InChI is InChI=1S/C13H24N2/c1-12(2,3)9-10(13(4,5)6)11-14-7-8-15-11/h7-8,10H,9H2,1-6H3,(H,14,15). The second-order valence-electron chi connectivity index (χ2n) is 6.66. The van der Waals surface area contributed by atoms with E-state index in [4.69, 9.17) is 0 Å². The molecule has 2 nitrogen and oxygen atoms in total. The van der Waals surface area contributed by atoms with Crippen molar-refractivity contribution in [2.75, 3.05) is 0 Å². The Morgan fingerprint density at radius 3 is 2.13 bits per heavy atom. The largest absolute Gasteiger partial charge is 0.348 e. The number of aromatic nitrogens is 2. The van der Waals surface area contributed by atoms with Crippen molar-refractivity contribution in [2.24, 2.45) is 10.8 Å². The van der Waals surface area contributed by atoms with Gasteiger partial charge in [-0.2, -0.15) is 0 Å². The molecule has 2 heteroatoms. The Morgan fingerprint density at radius 2 is 1.80 bits per heavy atom. The van der Waals surface area contributed by atoms with Crippen LogP contribution in [0.4, 0.5) is 0 Å². The minimum Gasteiger partial charge on any atom is -0.348 e. The number of imidazole rings is 1. The molecular weight excluding hydrogens is 184 g/mol. The zero-order chi connectivity index (χ0) is 11.7. The highest BCUT2D eigenvalue weighted by Crippen LogP contribution is 2.41. The van der Waals surface area contributed by atoms with Gasteiger partial charge in [-0.05, 0) is 17.3 Å². The summed E-state index contributed by atoms with van der Waals surface area (Å²) in [6.45, 7) is 13.7. The maximum atomic E-state index is 4.41. The predicted molar refractivity (Wildman–Crippen MR) is 64.9 cm³/mol. The molecule has 1 rings (SSSR count). The van der Waals surface area contributed by atoms with Crippen molar-refractivity contribution >= 4 is 0 Å². The Bertz CT molecular complexity index is 285. The number of nitrogens with one attached hydrogen (secondary N) is 1. The minimum absolute atomic E-state index is 0.255. The van der Waals surface area contributed by atoms with Crippen LogP contribution in [0.15, 0.2) is 12.4 Å². The van der Waals surface area contributed by atoms with Crippen LogP contribution in [-0.2, 0) is 0 Å². The van der Waals surface area contributed by atoms with Crippen molar-refractivity contribution in [1.29, 1.82) is 0 Å². The van der Waals surface area contributed by atoms with Crippen LogP contribution >= 0.6 is 0 Å². The Hall–Kier alpha value is -0.790. The van der Waals surface area contributed by atoms with Gasteiger partial charge in [0.15, 0.2) is 0 Å². The summed E-state index contributed by atoms with van der Waals surface area (Å²) >= 11 is 0. The zero-order valence-corrected chi connectivity index (χ0v) is 10.9. The molecule has 0 aromatic carbocycles. The highest BCUT2D eigenvalue weighted by atomic mass is 14.9. The number of nitrogens with zero attached hydrogens (tertiary/aromatic N) is 1. The molecule has 1 unspecified atom stereocenters. The summed E-state index contributed by atoms with van der Waals surface area (Å²) in [5, 5.41) is 0. The summed E-state index contributed by atoms with van der Waals surface area (Å²) in [7, 11) is 0. The molecule has 15 heavy (non-hydrogen) atoms. The van der Waals surface area contributed by atoms with Gasteiger partial charge < -0.3 is 4.98 Å². The number of hydrogen-bond acceptors (Lipinski definition) is 1. The van der Waals surface area contributed by atoms with Gasteiger partial charge >= 0.3 is 0 Å². The van der Waals surface area contributed by atoms with Crippen molar-refractivity contribution < 1.29 is 0 Å². The smallest absolute Gasteiger partial charge is 0.109 e. The van der Waals surface area contributed by atoms with Crippen LogP contribution in [0.2, 0.25) is 0 Å². The molecule has 1 atom stereocenters. The molecule has 0 aliphatic carbocycles. The fraction of sp³-hybridized carbons (Fsp3) is 0.769. The normalized spacial score (nSPS) is 15.3. The van der Waals surface area contributed by atoms with Gasteiger partial charge in [0.05, 0.1) is 0 Å². The summed E-state index contributed by atoms with van der Waals surface area (Å²) in [5.41, 5.74) is 0.593. The van der Waals surface area contributed by atoms with Crippen LogP contribution in [0.1, 0.15) is 59.7 Å². The molecule has 0 aliphatic heterocycles. The third kappa shape index (κ3) is 3.69. The van der Waals surface area contributed by atoms with Gasteiger partial charge in [-0.15, -0.1) is 0 Å². The third-order valence-electron chi connectivity index (χ3n) is 2.71. The van der Waals surface area contributed by atoms with E-state index in [1.807, 2.05) is 12.4 Å². The second-order valence-corrected chi connectivity index (χ2v) is 6.66. The molecule has 1 N–H and O–H groups in total. The molecule has 0 saturated heterocycles. The Kier molecular flexibility index (Phi) is 3.27. The maximum absolute atomic E-state index is 4.41. The first-order valence-corrected chi connectivity index (χ1v) is 5.69. The summed E-state index contributed by atoms with van der Waals surface area (Å²) in [5.74, 6) is 1.62. The van der Waals surface area contributed by atoms with Crippen molar-refractivity contribution in [2.45, 2.75) is 53.9 Å². The van der Waals surface area contributed by atoms with E-state index in [0.29, 0.717) is 11.3 Å². The molecular formula is C13H24N2. The van der Waals surface area contributed by atoms with E-state index in [0.717, 1.165) is 12.2 Å². The lowest BCUT2D eigenvalue weighted by Gasteiger charge is -2.34. The lowest BCUT2D eigenvalue weighted by molar-refractivity contribution is 0.222. The average molecular weight is 208 g/mol. The molecule has 1 aromatic heterocycles. The van der Waals surface area contributed by atoms with Crippen LogP contribution < -0.4 is 0 Å². The highest BCUT2D eigenvalue weighted by Gasteiger charge is 2.31. The Labute approximate surface area is 93.5 Å². The van der Waals surface area contributed by atoms with Gasteiger partial charge in [-0.25, -0.2) is 4.98 Å². The molecule has 0 bridgehead atoms. The summed E-state index contributed by atoms with van der Waals surface area (Å²) < 4.78 is 0. The molecule has 1 heterocycles. The quantitative estimate of drug-likeness (QED) is 0.782. The Balaban J connectivity index is 2.90. The molecule has 0 saturated carbocycles. The van der Waals surface area contributed by atoms with Gasteiger partial charge in [0.1, 0.15) is 5.82 Å². The summed E-state index contributed by atoms with van der Waals surface area (Å²) in [6.07, 6.45) is 4.91. The van der Waals surface area contributed by atoms with Crippen LogP contribution in [-0.4, -0.2) is 9.97 Å². The third-order valence-corrected chi connectivity index (χ3v) is 2.71. The maximum Gasteiger partial charge on any atom is 0.109 e. The summed E-state index contributed by atoms with van der Waals surface area (Å²) in [4.78, 5) is 7.67. The van der Waals surface area contributed by atoms with Gasteiger partial charge in [-0.1, -0.05) is 41.5 Å². The van der Waals surface area contributed by atoms with E-state index < -0.39 is 0 Å². The Morgan fingerprint density at radius 1 is 1.20 bits per heavy atom. The molecule has 1 aromatic rings. The van der Waals surface area contributed by atoms with Crippen LogP contribution in [0.5, 0.6) is 0 Å². The van der Waals surface area contributed by atoms with Crippen molar-refractivity contribution in [1.82, 2.24) is 9.97 Å². The first kappa shape index (κ1) is 12.3. The number of rotatable bonds is 2. The molecule has 0 fully saturated rings. The number of hydrogen-bond donors (Lipinski definition) is 1. The van der Waals surface area contributed by atoms with Crippen molar-refractivity contribution in [3.63, 3.8) is 0 Å². The van der Waals surface area contributed by atoms with Crippen LogP contribution in [0.25, 0.3) is 0 Å². The van der Waals surface area contributed by atoms with Crippen LogP contribution in [0.3, 0.4) is 0 Å². The van der Waals surface area contributed by atoms with E-state index in [1.54, 1.807) is 0 Å². The zero-order valence-electron chi connectivity index (χ0n) is 10.9. The van der Waals surface area contributed by atoms with E-state index in [2.05, 4.69) is 51.5 Å². The SMILES string of the molecule is CC(C)(C)CC(c1ncc[nH]1)C(C)(C)C. The first-order valence-electron chi connectivity index (χ1n) is 5.69. The molecule has 0 amide bonds. The van der Waals surface area contributed by atoms with E-state index in [-0.39, 0.29) is 5.41 Å². The molecule has 0 spiro atoms. The average Bonchev–Trinajstić information content (AvgIpc) is 2.47. The molecule has 86 valence electrons. The van der Waals surface area contributed by atoms with Crippen molar-refractivity contribution in [3.8, 4) is 0 Å². The van der Waals surface area contributed by atoms with Gasteiger partial charge in [-0.3, -0.25) is 0 Å². The molecule has 0 radical (unpaired) electrons. The van der Waals surface area contributed by atoms with Gasteiger partial charge in [0, 0.05) is 18.3 Å². The van der Waals surface area contributed by atoms with E-state index in [9.17, 15) is 0 Å². The van der Waals surface area contributed by atoms with Crippen LogP contribution in [0, 0.1) is 10.8 Å². The lowest BCUT2D eigenvalue weighted by Crippen LogP contribution is -2.24. The van der Waals surface area contributed by atoms with Crippen molar-refractivity contribution in [3.05, 3.63) is 18.2 Å². The second kappa shape index (κ2) is 3.99. The van der Waals surface area contributed by atoms with E-state index in [1.165, 1.54) is 0 Å². The summed E-state index contributed by atoms with van der Waals surface area (Å²) in [6, 6.07) is 0. The lowest BCUT2D eigenvalue weighted by atomic mass is 9.72.